The zero-order valence-corrected chi connectivity index (χ0v) is 19.9. The molecular formula is C27H28N2O3S. The summed E-state index contributed by atoms with van der Waals surface area (Å²) in [6.45, 7) is 6.90. The van der Waals surface area contributed by atoms with Crippen LogP contribution in [0.15, 0.2) is 54.6 Å². The second-order valence-electron chi connectivity index (χ2n) is 9.89. The van der Waals surface area contributed by atoms with Gasteiger partial charge in [0, 0.05) is 4.88 Å². The molecule has 0 bridgehead atoms. The van der Waals surface area contributed by atoms with Gasteiger partial charge in [-0.25, -0.2) is 4.79 Å². The van der Waals surface area contributed by atoms with E-state index in [9.17, 15) is 9.59 Å². The molecule has 5 nitrogen and oxygen atoms in total. The average Bonchev–Trinajstić information content (AvgIpc) is 3.17. The summed E-state index contributed by atoms with van der Waals surface area (Å²) in [6.07, 6.45) is 2.72. The lowest BCUT2D eigenvalue weighted by atomic mass is 9.72. The summed E-state index contributed by atoms with van der Waals surface area (Å²) in [7, 11) is 0. The van der Waals surface area contributed by atoms with E-state index in [1.807, 2.05) is 18.2 Å². The monoisotopic (exact) mass is 460 g/mol. The minimum atomic E-state index is -0.407. The van der Waals surface area contributed by atoms with Gasteiger partial charge in [0.05, 0.1) is 11.1 Å². The van der Waals surface area contributed by atoms with Crippen LogP contribution < -0.4 is 15.4 Å². The molecule has 2 atom stereocenters. The maximum Gasteiger partial charge on any atom is 0.343 e. The highest BCUT2D eigenvalue weighted by Crippen LogP contribution is 2.46. The van der Waals surface area contributed by atoms with Crippen molar-refractivity contribution in [3.63, 3.8) is 0 Å². The zero-order chi connectivity index (χ0) is 23.2. The second-order valence-corrected chi connectivity index (χ2v) is 11.0. The molecule has 2 aliphatic rings. The van der Waals surface area contributed by atoms with Crippen molar-refractivity contribution >= 4 is 28.2 Å². The minimum Gasteiger partial charge on any atom is -0.423 e. The van der Waals surface area contributed by atoms with Gasteiger partial charge in [0.2, 0.25) is 0 Å². The van der Waals surface area contributed by atoms with Gasteiger partial charge in [0.25, 0.3) is 5.91 Å². The molecule has 0 saturated carbocycles. The lowest BCUT2D eigenvalue weighted by molar-refractivity contribution is 0.0734. The summed E-state index contributed by atoms with van der Waals surface area (Å²) in [5, 5.41) is 7.55. The summed E-state index contributed by atoms with van der Waals surface area (Å²) in [4.78, 5) is 26.9. The third-order valence-electron chi connectivity index (χ3n) is 6.68. The molecule has 2 unspecified atom stereocenters. The first-order valence-electron chi connectivity index (χ1n) is 11.4. The Kier molecular flexibility index (Phi) is 5.49. The molecule has 1 aliphatic carbocycles. The fraction of sp³-hybridized carbons (Fsp3) is 0.333. The van der Waals surface area contributed by atoms with Crippen LogP contribution in [-0.4, -0.2) is 11.9 Å². The third-order valence-corrected chi connectivity index (χ3v) is 7.86. The molecule has 170 valence electrons. The Bertz CT molecular complexity index is 1210. The molecule has 0 fully saturated rings. The molecule has 6 heteroatoms. The van der Waals surface area contributed by atoms with Crippen LogP contribution in [0.25, 0.3) is 0 Å². The maximum atomic E-state index is 13.1. The van der Waals surface area contributed by atoms with E-state index >= 15 is 0 Å². The molecule has 0 radical (unpaired) electrons. The molecule has 0 saturated heterocycles. The van der Waals surface area contributed by atoms with Gasteiger partial charge in [-0.15, -0.1) is 11.3 Å². The SMILES string of the molecule is CC(C)(C)C1CCc2c(sc3c2C(=O)NC(c2cccc(OC(=O)c4ccccc4)c2)N3)C1. The van der Waals surface area contributed by atoms with Crippen molar-refractivity contribution in [1.29, 1.82) is 0 Å². The number of esters is 1. The topological polar surface area (TPSA) is 67.4 Å². The van der Waals surface area contributed by atoms with Gasteiger partial charge in [0.1, 0.15) is 16.9 Å². The standard InChI is InChI=1S/C27H28N2O3S/c1-27(2,3)18-12-13-20-21(15-18)33-25-22(20)24(30)28-23(29-25)17-10-7-11-19(14-17)32-26(31)16-8-5-4-6-9-16/h4-11,14,18,23,29H,12-13,15H2,1-3H3,(H,28,30). The number of fused-ring (bicyclic) bond motifs is 3. The smallest absolute Gasteiger partial charge is 0.343 e. The van der Waals surface area contributed by atoms with Crippen molar-refractivity contribution in [2.24, 2.45) is 11.3 Å². The Morgan fingerprint density at radius 2 is 1.85 bits per heavy atom. The number of benzene rings is 2. The number of thiophene rings is 1. The zero-order valence-electron chi connectivity index (χ0n) is 19.1. The van der Waals surface area contributed by atoms with Crippen LogP contribution in [0.3, 0.4) is 0 Å². The van der Waals surface area contributed by atoms with E-state index in [0.29, 0.717) is 17.2 Å². The Balaban J connectivity index is 1.36. The quantitative estimate of drug-likeness (QED) is 0.373. The van der Waals surface area contributed by atoms with E-state index in [1.165, 1.54) is 10.4 Å². The van der Waals surface area contributed by atoms with E-state index in [4.69, 9.17) is 4.74 Å². The number of ether oxygens (including phenoxy) is 1. The largest absolute Gasteiger partial charge is 0.423 e. The van der Waals surface area contributed by atoms with E-state index in [0.717, 1.165) is 35.4 Å². The molecule has 1 amide bonds. The van der Waals surface area contributed by atoms with Crippen LogP contribution in [0.4, 0.5) is 5.00 Å². The minimum absolute atomic E-state index is 0.0351. The van der Waals surface area contributed by atoms with Gasteiger partial charge in [-0.1, -0.05) is 51.1 Å². The highest BCUT2D eigenvalue weighted by Gasteiger charge is 2.36. The predicted molar refractivity (Wildman–Crippen MR) is 131 cm³/mol. The lowest BCUT2D eigenvalue weighted by Crippen LogP contribution is -2.38. The molecule has 2 aromatic carbocycles. The van der Waals surface area contributed by atoms with Crippen LogP contribution >= 0.6 is 11.3 Å². The normalized spacial score (nSPS) is 19.7. The summed E-state index contributed by atoms with van der Waals surface area (Å²) in [5.41, 5.74) is 3.62. The Morgan fingerprint density at radius 1 is 1.06 bits per heavy atom. The predicted octanol–water partition coefficient (Wildman–Crippen LogP) is 5.97. The summed E-state index contributed by atoms with van der Waals surface area (Å²) in [6, 6.07) is 16.2. The molecule has 3 aromatic rings. The molecular weight excluding hydrogens is 432 g/mol. The first-order valence-corrected chi connectivity index (χ1v) is 12.2. The van der Waals surface area contributed by atoms with Crippen molar-refractivity contribution in [2.45, 2.75) is 46.2 Å². The number of hydrogen-bond acceptors (Lipinski definition) is 5. The fourth-order valence-corrected chi connectivity index (χ4v) is 6.05. The van der Waals surface area contributed by atoms with E-state index in [2.05, 4.69) is 31.4 Å². The highest BCUT2D eigenvalue weighted by atomic mass is 32.1. The molecule has 2 N–H and O–H groups in total. The van der Waals surface area contributed by atoms with Crippen LogP contribution in [-0.2, 0) is 12.8 Å². The van der Waals surface area contributed by atoms with Crippen molar-refractivity contribution in [3.8, 4) is 5.75 Å². The molecule has 1 aromatic heterocycles. The maximum absolute atomic E-state index is 13.1. The first-order chi connectivity index (χ1) is 15.8. The Labute approximate surface area is 198 Å². The van der Waals surface area contributed by atoms with Gasteiger partial charge in [-0.3, -0.25) is 4.79 Å². The number of carbonyl (C=O) groups is 2. The van der Waals surface area contributed by atoms with E-state index in [1.54, 1.807) is 47.7 Å². The molecule has 0 spiro atoms. The van der Waals surface area contributed by atoms with E-state index < -0.39 is 5.97 Å². The number of amides is 1. The van der Waals surface area contributed by atoms with E-state index in [-0.39, 0.29) is 17.5 Å². The fourth-order valence-electron chi connectivity index (χ4n) is 4.70. The Hall–Kier alpha value is -3.12. The molecule has 2 heterocycles. The van der Waals surface area contributed by atoms with Gasteiger partial charge in [0.15, 0.2) is 0 Å². The van der Waals surface area contributed by atoms with Crippen LogP contribution in [0.2, 0.25) is 0 Å². The van der Waals surface area contributed by atoms with Crippen molar-refractivity contribution < 1.29 is 14.3 Å². The molecule has 5 rings (SSSR count). The second kappa shape index (κ2) is 8.34. The van der Waals surface area contributed by atoms with Crippen LogP contribution in [0.1, 0.15) is 70.1 Å². The van der Waals surface area contributed by atoms with Crippen molar-refractivity contribution in [3.05, 3.63) is 81.7 Å². The van der Waals surface area contributed by atoms with Gasteiger partial charge in [-0.05, 0) is 66.0 Å². The van der Waals surface area contributed by atoms with Crippen molar-refractivity contribution in [1.82, 2.24) is 5.32 Å². The third kappa shape index (κ3) is 4.27. The van der Waals surface area contributed by atoms with Crippen LogP contribution in [0.5, 0.6) is 5.75 Å². The van der Waals surface area contributed by atoms with Crippen molar-refractivity contribution in [2.75, 3.05) is 5.32 Å². The average molecular weight is 461 g/mol. The molecule has 1 aliphatic heterocycles. The van der Waals surface area contributed by atoms with Gasteiger partial charge in [-0.2, -0.15) is 0 Å². The number of nitrogens with one attached hydrogen (secondary N) is 2. The molecule has 33 heavy (non-hydrogen) atoms. The number of rotatable bonds is 3. The van der Waals surface area contributed by atoms with Gasteiger partial charge < -0.3 is 15.4 Å². The number of carbonyl (C=O) groups excluding carboxylic acids is 2. The van der Waals surface area contributed by atoms with Gasteiger partial charge >= 0.3 is 5.97 Å². The lowest BCUT2D eigenvalue weighted by Gasteiger charge is -2.34. The first kappa shape index (κ1) is 21.7. The Morgan fingerprint density at radius 3 is 2.61 bits per heavy atom. The highest BCUT2D eigenvalue weighted by molar-refractivity contribution is 7.16. The summed E-state index contributed by atoms with van der Waals surface area (Å²) >= 11 is 1.71. The summed E-state index contributed by atoms with van der Waals surface area (Å²) < 4.78 is 5.56. The summed E-state index contributed by atoms with van der Waals surface area (Å²) in [5.74, 6) is 0.629. The van der Waals surface area contributed by atoms with Crippen LogP contribution in [0, 0.1) is 11.3 Å². The number of hydrogen-bond donors (Lipinski definition) is 2. The number of anilines is 1.